The standard InChI is InChI=1S/C15H21F4N3O.HI/c1-2-20-14(21-8-5-9-23-11-15(17,18)19)22-10-12-6-3-4-7-13(12)16;/h3-4,6-7H,2,5,8-11H2,1H3,(H2,20,21,22);1H. The number of aliphatic imine (C=N–C) groups is 1. The number of ether oxygens (including phenoxy) is 1. The molecule has 1 aromatic carbocycles. The van der Waals surface area contributed by atoms with E-state index < -0.39 is 12.8 Å². The molecule has 0 heterocycles. The topological polar surface area (TPSA) is 45.7 Å². The molecule has 0 aromatic heterocycles. The van der Waals surface area contributed by atoms with Crippen molar-refractivity contribution in [1.29, 1.82) is 0 Å². The summed E-state index contributed by atoms with van der Waals surface area (Å²) in [6.45, 7) is 1.83. The molecule has 0 bridgehead atoms. The second-order valence-corrected chi connectivity index (χ2v) is 4.73. The summed E-state index contributed by atoms with van der Waals surface area (Å²) in [7, 11) is 0. The van der Waals surface area contributed by atoms with Crippen molar-refractivity contribution >= 4 is 29.9 Å². The highest BCUT2D eigenvalue weighted by molar-refractivity contribution is 14.0. The molecule has 0 saturated heterocycles. The van der Waals surface area contributed by atoms with E-state index in [1.807, 2.05) is 6.92 Å². The minimum Gasteiger partial charge on any atom is -0.372 e. The Morgan fingerprint density at radius 1 is 1.21 bits per heavy atom. The van der Waals surface area contributed by atoms with Crippen LogP contribution in [0.2, 0.25) is 0 Å². The van der Waals surface area contributed by atoms with Crippen LogP contribution in [0.25, 0.3) is 0 Å². The molecule has 24 heavy (non-hydrogen) atoms. The van der Waals surface area contributed by atoms with Crippen LogP contribution in [0.4, 0.5) is 17.6 Å². The smallest absolute Gasteiger partial charge is 0.372 e. The molecule has 1 aromatic rings. The lowest BCUT2D eigenvalue weighted by Gasteiger charge is -2.12. The molecule has 0 saturated carbocycles. The Bertz CT molecular complexity index is 498. The van der Waals surface area contributed by atoms with Gasteiger partial charge in [-0.25, -0.2) is 9.38 Å². The third-order valence-electron chi connectivity index (χ3n) is 2.73. The van der Waals surface area contributed by atoms with Crippen LogP contribution in [0.5, 0.6) is 0 Å². The van der Waals surface area contributed by atoms with Crippen LogP contribution in [0.3, 0.4) is 0 Å². The van der Waals surface area contributed by atoms with Gasteiger partial charge in [-0.15, -0.1) is 24.0 Å². The second kappa shape index (κ2) is 12.3. The fraction of sp³-hybridized carbons (Fsp3) is 0.533. The Morgan fingerprint density at radius 2 is 1.92 bits per heavy atom. The second-order valence-electron chi connectivity index (χ2n) is 4.73. The van der Waals surface area contributed by atoms with Gasteiger partial charge in [0.2, 0.25) is 0 Å². The molecule has 1 rings (SSSR count). The first kappa shape index (κ1) is 22.9. The Kier molecular flexibility index (Phi) is 11.7. The van der Waals surface area contributed by atoms with E-state index in [1.54, 1.807) is 18.2 Å². The lowest BCUT2D eigenvalue weighted by atomic mass is 10.2. The van der Waals surface area contributed by atoms with Crippen molar-refractivity contribution in [3.05, 3.63) is 35.6 Å². The molecule has 4 nitrogen and oxygen atoms in total. The average Bonchev–Trinajstić information content (AvgIpc) is 2.48. The lowest BCUT2D eigenvalue weighted by molar-refractivity contribution is -0.173. The summed E-state index contributed by atoms with van der Waals surface area (Å²) < 4.78 is 53.7. The molecule has 0 fully saturated rings. The quantitative estimate of drug-likeness (QED) is 0.204. The van der Waals surface area contributed by atoms with Crippen LogP contribution in [0, 0.1) is 5.82 Å². The summed E-state index contributed by atoms with van der Waals surface area (Å²) in [5.41, 5.74) is 0.471. The van der Waals surface area contributed by atoms with Crippen molar-refractivity contribution < 1.29 is 22.3 Å². The fourth-order valence-electron chi connectivity index (χ4n) is 1.70. The zero-order valence-electron chi connectivity index (χ0n) is 13.3. The normalized spacial score (nSPS) is 11.8. The monoisotopic (exact) mass is 463 g/mol. The van der Waals surface area contributed by atoms with Crippen molar-refractivity contribution in [2.45, 2.75) is 26.1 Å². The van der Waals surface area contributed by atoms with Gasteiger partial charge in [-0.3, -0.25) is 0 Å². The Morgan fingerprint density at radius 3 is 2.54 bits per heavy atom. The zero-order chi connectivity index (χ0) is 17.1. The van der Waals surface area contributed by atoms with E-state index in [2.05, 4.69) is 20.4 Å². The molecule has 0 aliphatic rings. The molecular weight excluding hydrogens is 441 g/mol. The lowest BCUT2D eigenvalue weighted by Crippen LogP contribution is -2.38. The maximum Gasteiger partial charge on any atom is 0.411 e. The first-order valence-electron chi connectivity index (χ1n) is 7.32. The zero-order valence-corrected chi connectivity index (χ0v) is 15.7. The van der Waals surface area contributed by atoms with Gasteiger partial charge in [-0.2, -0.15) is 13.2 Å². The van der Waals surface area contributed by atoms with Gasteiger partial charge in [0.1, 0.15) is 12.4 Å². The van der Waals surface area contributed by atoms with Crippen LogP contribution in [-0.2, 0) is 11.3 Å². The molecule has 0 unspecified atom stereocenters. The summed E-state index contributed by atoms with van der Waals surface area (Å²) in [6, 6.07) is 6.34. The van der Waals surface area contributed by atoms with E-state index >= 15 is 0 Å². The number of hydrogen-bond acceptors (Lipinski definition) is 2. The molecule has 0 atom stereocenters. The van der Waals surface area contributed by atoms with E-state index in [-0.39, 0.29) is 42.9 Å². The molecule has 0 aliphatic heterocycles. The van der Waals surface area contributed by atoms with Crippen LogP contribution in [-0.4, -0.2) is 38.4 Å². The third kappa shape index (κ3) is 10.6. The number of rotatable bonds is 8. The predicted molar refractivity (Wildman–Crippen MR) is 96.1 cm³/mol. The van der Waals surface area contributed by atoms with Crippen LogP contribution in [0.1, 0.15) is 18.9 Å². The number of nitrogens with one attached hydrogen (secondary N) is 2. The van der Waals surface area contributed by atoms with Crippen molar-refractivity contribution in [2.24, 2.45) is 4.99 Å². The molecule has 138 valence electrons. The molecule has 0 spiro atoms. The van der Waals surface area contributed by atoms with Crippen LogP contribution < -0.4 is 10.6 Å². The number of alkyl halides is 3. The van der Waals surface area contributed by atoms with Crippen molar-refractivity contribution in [3.63, 3.8) is 0 Å². The highest BCUT2D eigenvalue weighted by Crippen LogP contribution is 2.14. The van der Waals surface area contributed by atoms with Crippen molar-refractivity contribution in [2.75, 3.05) is 26.3 Å². The Balaban J connectivity index is 0.00000529. The highest BCUT2D eigenvalue weighted by Gasteiger charge is 2.27. The van der Waals surface area contributed by atoms with Crippen molar-refractivity contribution in [3.8, 4) is 0 Å². The summed E-state index contributed by atoms with van der Waals surface area (Å²) in [5.74, 6) is 0.152. The van der Waals surface area contributed by atoms with Gasteiger partial charge in [0.25, 0.3) is 0 Å². The third-order valence-corrected chi connectivity index (χ3v) is 2.73. The molecule has 9 heteroatoms. The van der Waals surface area contributed by atoms with Gasteiger partial charge in [-0.1, -0.05) is 18.2 Å². The fourth-order valence-corrected chi connectivity index (χ4v) is 1.70. The summed E-state index contributed by atoms with van der Waals surface area (Å²) >= 11 is 0. The van der Waals surface area contributed by atoms with E-state index in [0.29, 0.717) is 31.0 Å². The molecule has 0 radical (unpaired) electrons. The average molecular weight is 463 g/mol. The largest absolute Gasteiger partial charge is 0.411 e. The van der Waals surface area contributed by atoms with E-state index in [1.165, 1.54) is 6.07 Å². The van der Waals surface area contributed by atoms with Gasteiger partial charge in [-0.05, 0) is 19.4 Å². The number of guanidine groups is 1. The van der Waals surface area contributed by atoms with Crippen LogP contribution in [0.15, 0.2) is 29.3 Å². The van der Waals surface area contributed by atoms with Gasteiger partial charge < -0.3 is 15.4 Å². The summed E-state index contributed by atoms with van der Waals surface area (Å²) in [5, 5.41) is 5.95. The first-order valence-corrected chi connectivity index (χ1v) is 7.32. The van der Waals surface area contributed by atoms with Crippen LogP contribution >= 0.6 is 24.0 Å². The van der Waals surface area contributed by atoms with Gasteiger partial charge >= 0.3 is 6.18 Å². The van der Waals surface area contributed by atoms with Crippen molar-refractivity contribution in [1.82, 2.24) is 10.6 Å². The Hall–Kier alpha value is -1.10. The van der Waals surface area contributed by atoms with Gasteiger partial charge in [0.05, 0.1) is 6.54 Å². The summed E-state index contributed by atoms with van der Waals surface area (Å²) in [6.07, 6.45) is -3.90. The number of benzene rings is 1. The van der Waals surface area contributed by atoms with E-state index in [9.17, 15) is 17.6 Å². The molecule has 0 aliphatic carbocycles. The van der Waals surface area contributed by atoms with Gasteiger partial charge in [0, 0.05) is 25.3 Å². The molecular formula is C15H22F4IN3O. The number of nitrogens with zero attached hydrogens (tertiary/aromatic N) is 1. The molecule has 2 N–H and O–H groups in total. The maximum absolute atomic E-state index is 13.5. The van der Waals surface area contributed by atoms with Gasteiger partial charge in [0.15, 0.2) is 5.96 Å². The maximum atomic E-state index is 13.5. The van der Waals surface area contributed by atoms with E-state index in [4.69, 9.17) is 0 Å². The number of halogens is 5. The SMILES string of the molecule is CCNC(=NCc1ccccc1F)NCCCOCC(F)(F)F.I. The minimum atomic E-state index is -4.30. The molecule has 0 amide bonds. The first-order chi connectivity index (χ1) is 10.9. The highest BCUT2D eigenvalue weighted by atomic mass is 127. The van der Waals surface area contributed by atoms with E-state index in [0.717, 1.165) is 0 Å². The number of hydrogen-bond donors (Lipinski definition) is 2. The predicted octanol–water partition coefficient (Wildman–Crippen LogP) is 3.47. The Labute approximate surface area is 156 Å². The summed E-state index contributed by atoms with van der Waals surface area (Å²) in [4.78, 5) is 4.24. The minimum absolute atomic E-state index is 0.